The molecule has 0 saturated carbocycles. The fraction of sp³-hybridized carbons (Fsp3) is 0.417. The van der Waals surface area contributed by atoms with Crippen molar-refractivity contribution in [3.63, 3.8) is 0 Å². The van der Waals surface area contributed by atoms with Crippen molar-refractivity contribution in [2.24, 2.45) is 5.84 Å². The van der Waals surface area contributed by atoms with E-state index in [1.165, 1.54) is 12.1 Å². The van der Waals surface area contributed by atoms with E-state index in [0.29, 0.717) is 18.8 Å². The molecule has 1 aromatic rings. The lowest BCUT2D eigenvalue weighted by Gasteiger charge is -2.08. The summed E-state index contributed by atoms with van der Waals surface area (Å²) in [6.45, 7) is 0.492. The Morgan fingerprint density at radius 2 is 2.17 bits per heavy atom. The molecule has 0 aliphatic rings. The second-order valence-corrected chi connectivity index (χ2v) is 4.66. The molecule has 0 aliphatic heterocycles. The molecule has 0 bridgehead atoms. The number of hydrazine groups is 1. The van der Waals surface area contributed by atoms with E-state index in [1.54, 1.807) is 6.07 Å². The third-order valence-electron chi connectivity index (χ3n) is 2.36. The highest BCUT2D eigenvalue weighted by molar-refractivity contribution is 9.10. The third kappa shape index (κ3) is 5.46. The second kappa shape index (κ2) is 8.05. The van der Waals surface area contributed by atoms with Crippen molar-refractivity contribution in [1.82, 2.24) is 5.43 Å². The van der Waals surface area contributed by atoms with Gasteiger partial charge in [-0.2, -0.15) is 0 Å². The predicted octanol–water partition coefficient (Wildman–Crippen LogP) is 2.52. The van der Waals surface area contributed by atoms with Gasteiger partial charge in [0.25, 0.3) is 0 Å². The van der Waals surface area contributed by atoms with Crippen molar-refractivity contribution < 1.29 is 13.9 Å². The molecule has 0 unspecified atom stereocenters. The summed E-state index contributed by atoms with van der Waals surface area (Å²) >= 11 is 3.28. The molecule has 0 radical (unpaired) electrons. The number of nitrogens with one attached hydrogen (secondary N) is 1. The van der Waals surface area contributed by atoms with Crippen molar-refractivity contribution in [1.29, 1.82) is 0 Å². The maximum atomic E-state index is 12.9. The molecule has 0 aromatic heterocycles. The lowest BCUT2D eigenvalue weighted by atomic mass is 10.2. The standard InChI is InChI=1S/C12H16BrFN2O2/c13-10-6-5-9(14)8-11(10)18-7-3-1-2-4-12(17)16-15/h5-6,8H,1-4,7,15H2,(H,16,17). The highest BCUT2D eigenvalue weighted by Gasteiger charge is 2.03. The fourth-order valence-corrected chi connectivity index (χ4v) is 1.77. The number of hydrogen-bond donors (Lipinski definition) is 2. The number of amides is 1. The third-order valence-corrected chi connectivity index (χ3v) is 3.02. The molecule has 100 valence electrons. The molecule has 0 spiro atoms. The molecule has 3 N–H and O–H groups in total. The van der Waals surface area contributed by atoms with Gasteiger partial charge in [0, 0.05) is 12.5 Å². The van der Waals surface area contributed by atoms with Gasteiger partial charge in [-0.3, -0.25) is 10.2 Å². The summed E-state index contributed by atoms with van der Waals surface area (Å²) in [5.41, 5.74) is 2.08. The van der Waals surface area contributed by atoms with Gasteiger partial charge in [0.1, 0.15) is 11.6 Å². The number of hydrogen-bond acceptors (Lipinski definition) is 3. The van der Waals surface area contributed by atoms with E-state index in [0.717, 1.165) is 23.7 Å². The molecule has 1 aromatic carbocycles. The number of ether oxygens (including phenoxy) is 1. The topological polar surface area (TPSA) is 64.3 Å². The van der Waals surface area contributed by atoms with Crippen LogP contribution in [0, 0.1) is 5.82 Å². The summed E-state index contributed by atoms with van der Waals surface area (Å²) in [5.74, 6) is 4.96. The summed E-state index contributed by atoms with van der Waals surface area (Å²) < 4.78 is 19.1. The van der Waals surface area contributed by atoms with Crippen LogP contribution >= 0.6 is 15.9 Å². The first-order chi connectivity index (χ1) is 8.63. The lowest BCUT2D eigenvalue weighted by Crippen LogP contribution is -2.29. The number of nitrogens with two attached hydrogens (primary N) is 1. The normalized spacial score (nSPS) is 10.2. The largest absolute Gasteiger partial charge is 0.492 e. The number of benzene rings is 1. The highest BCUT2D eigenvalue weighted by atomic mass is 79.9. The van der Waals surface area contributed by atoms with Gasteiger partial charge in [0.2, 0.25) is 5.91 Å². The Labute approximate surface area is 114 Å². The molecule has 0 atom stereocenters. The van der Waals surface area contributed by atoms with Crippen LogP contribution in [0.25, 0.3) is 0 Å². The maximum Gasteiger partial charge on any atom is 0.233 e. The van der Waals surface area contributed by atoms with E-state index in [2.05, 4.69) is 21.4 Å². The average Bonchev–Trinajstić information content (AvgIpc) is 2.37. The van der Waals surface area contributed by atoms with Gasteiger partial charge in [-0.05, 0) is 47.3 Å². The predicted molar refractivity (Wildman–Crippen MR) is 70.4 cm³/mol. The Kier molecular flexibility index (Phi) is 6.67. The molecule has 6 heteroatoms. The van der Waals surface area contributed by atoms with Crippen LogP contribution in [-0.4, -0.2) is 12.5 Å². The van der Waals surface area contributed by atoms with Crippen molar-refractivity contribution in [3.8, 4) is 5.75 Å². The molecule has 0 aliphatic carbocycles. The van der Waals surface area contributed by atoms with E-state index < -0.39 is 0 Å². The number of carbonyl (C=O) groups is 1. The van der Waals surface area contributed by atoms with E-state index in [9.17, 15) is 9.18 Å². The van der Waals surface area contributed by atoms with Crippen LogP contribution in [0.3, 0.4) is 0 Å². The van der Waals surface area contributed by atoms with Crippen molar-refractivity contribution in [2.45, 2.75) is 25.7 Å². The summed E-state index contributed by atoms with van der Waals surface area (Å²) in [5, 5.41) is 0. The van der Waals surface area contributed by atoms with Gasteiger partial charge in [-0.15, -0.1) is 0 Å². The minimum Gasteiger partial charge on any atom is -0.492 e. The first-order valence-electron chi connectivity index (χ1n) is 5.71. The van der Waals surface area contributed by atoms with E-state index in [1.807, 2.05) is 0 Å². The zero-order valence-corrected chi connectivity index (χ0v) is 11.5. The quantitative estimate of drug-likeness (QED) is 0.351. The molecule has 0 heterocycles. The zero-order valence-electron chi connectivity index (χ0n) is 9.92. The Bertz CT molecular complexity index is 402. The van der Waals surface area contributed by atoms with E-state index in [-0.39, 0.29) is 11.7 Å². The Morgan fingerprint density at radius 3 is 2.89 bits per heavy atom. The summed E-state index contributed by atoms with van der Waals surface area (Å²) in [6, 6.07) is 4.31. The number of carbonyl (C=O) groups excluding carboxylic acids is 1. The summed E-state index contributed by atoms with van der Waals surface area (Å²) in [7, 11) is 0. The average molecular weight is 319 g/mol. The van der Waals surface area contributed by atoms with Gasteiger partial charge < -0.3 is 4.74 Å². The smallest absolute Gasteiger partial charge is 0.233 e. The van der Waals surface area contributed by atoms with E-state index in [4.69, 9.17) is 10.6 Å². The highest BCUT2D eigenvalue weighted by Crippen LogP contribution is 2.25. The van der Waals surface area contributed by atoms with Crippen LogP contribution in [-0.2, 0) is 4.79 Å². The molecule has 18 heavy (non-hydrogen) atoms. The molecule has 0 fully saturated rings. The van der Waals surface area contributed by atoms with Crippen molar-refractivity contribution >= 4 is 21.8 Å². The molecule has 1 amide bonds. The molecular weight excluding hydrogens is 303 g/mol. The van der Waals surface area contributed by atoms with Gasteiger partial charge in [0.05, 0.1) is 11.1 Å². The monoisotopic (exact) mass is 318 g/mol. The Morgan fingerprint density at radius 1 is 1.39 bits per heavy atom. The number of halogens is 2. The van der Waals surface area contributed by atoms with Crippen LogP contribution in [0.5, 0.6) is 5.75 Å². The van der Waals surface area contributed by atoms with Crippen molar-refractivity contribution in [3.05, 3.63) is 28.5 Å². The van der Waals surface area contributed by atoms with Gasteiger partial charge >= 0.3 is 0 Å². The SMILES string of the molecule is NNC(=O)CCCCCOc1cc(F)ccc1Br. The maximum absolute atomic E-state index is 12.9. The van der Waals surface area contributed by atoms with E-state index >= 15 is 0 Å². The van der Waals surface area contributed by atoms with Crippen LogP contribution in [0.1, 0.15) is 25.7 Å². The molecular formula is C12H16BrFN2O2. The number of rotatable bonds is 7. The van der Waals surface area contributed by atoms with Gasteiger partial charge in [-0.1, -0.05) is 0 Å². The fourth-order valence-electron chi connectivity index (χ4n) is 1.41. The Hall–Kier alpha value is -1.14. The first-order valence-corrected chi connectivity index (χ1v) is 6.50. The minimum absolute atomic E-state index is 0.163. The van der Waals surface area contributed by atoms with Crippen LogP contribution in [0.4, 0.5) is 4.39 Å². The van der Waals surface area contributed by atoms with Crippen LogP contribution in [0.15, 0.2) is 22.7 Å². The van der Waals surface area contributed by atoms with Crippen LogP contribution in [0.2, 0.25) is 0 Å². The number of unbranched alkanes of at least 4 members (excludes halogenated alkanes) is 2. The molecule has 0 saturated heterocycles. The van der Waals surface area contributed by atoms with Crippen molar-refractivity contribution in [2.75, 3.05) is 6.61 Å². The zero-order chi connectivity index (χ0) is 13.4. The first kappa shape index (κ1) is 14.9. The second-order valence-electron chi connectivity index (χ2n) is 3.80. The van der Waals surface area contributed by atoms with Crippen LogP contribution < -0.4 is 16.0 Å². The summed E-state index contributed by atoms with van der Waals surface area (Å²) in [4.78, 5) is 10.8. The minimum atomic E-state index is -0.326. The molecule has 1 rings (SSSR count). The van der Waals surface area contributed by atoms with Gasteiger partial charge in [0.15, 0.2) is 0 Å². The van der Waals surface area contributed by atoms with Gasteiger partial charge in [-0.25, -0.2) is 10.2 Å². The summed E-state index contributed by atoms with van der Waals surface area (Å²) in [6.07, 6.45) is 2.85. The lowest BCUT2D eigenvalue weighted by molar-refractivity contribution is -0.121. The Balaban J connectivity index is 2.18. The molecule has 4 nitrogen and oxygen atoms in total.